The van der Waals surface area contributed by atoms with Crippen LogP contribution < -0.4 is 0 Å². The number of benzene rings is 2. The van der Waals surface area contributed by atoms with Crippen LogP contribution in [0.3, 0.4) is 0 Å². The lowest BCUT2D eigenvalue weighted by molar-refractivity contribution is -0.145. The second-order valence-corrected chi connectivity index (χ2v) is 6.16. The van der Waals surface area contributed by atoms with Gasteiger partial charge in [-0.05, 0) is 24.1 Å². The second-order valence-electron chi connectivity index (χ2n) is 6.16. The summed E-state index contributed by atoms with van der Waals surface area (Å²) >= 11 is 0. The van der Waals surface area contributed by atoms with Crippen LogP contribution in [0, 0.1) is 17.6 Å². The van der Waals surface area contributed by atoms with Gasteiger partial charge in [0, 0.05) is 23.9 Å². The van der Waals surface area contributed by atoms with Crippen LogP contribution in [-0.2, 0) is 16.1 Å². The molecule has 2 aromatic rings. The van der Waals surface area contributed by atoms with Crippen LogP contribution in [0.1, 0.15) is 23.5 Å². The molecule has 4 nitrogen and oxygen atoms in total. The molecule has 3 rings (SSSR count). The van der Waals surface area contributed by atoms with E-state index in [1.54, 1.807) is 24.3 Å². The van der Waals surface area contributed by atoms with Gasteiger partial charge in [-0.2, -0.15) is 0 Å². The van der Waals surface area contributed by atoms with Gasteiger partial charge in [0.25, 0.3) is 0 Å². The van der Waals surface area contributed by atoms with Crippen molar-refractivity contribution in [3.05, 3.63) is 71.3 Å². The Morgan fingerprint density at radius 3 is 2.28 bits per heavy atom. The SMILES string of the molecule is O=C(O)CN(Cc1ccccc1)C(=O)C1CC1c1c(F)cccc1F. The van der Waals surface area contributed by atoms with E-state index in [9.17, 15) is 18.4 Å². The van der Waals surface area contributed by atoms with Gasteiger partial charge in [-0.1, -0.05) is 36.4 Å². The normalized spacial score (nSPS) is 18.6. The topological polar surface area (TPSA) is 57.6 Å². The number of carboxylic acid groups (broad SMARTS) is 1. The summed E-state index contributed by atoms with van der Waals surface area (Å²) in [7, 11) is 0. The first kappa shape index (κ1) is 17.1. The van der Waals surface area contributed by atoms with Gasteiger partial charge >= 0.3 is 5.97 Å². The Hall–Kier alpha value is -2.76. The molecule has 130 valence electrons. The van der Waals surface area contributed by atoms with E-state index in [2.05, 4.69) is 0 Å². The van der Waals surface area contributed by atoms with Crippen molar-refractivity contribution in [2.24, 2.45) is 5.92 Å². The van der Waals surface area contributed by atoms with Crippen LogP contribution in [0.15, 0.2) is 48.5 Å². The molecule has 0 heterocycles. The molecule has 0 radical (unpaired) electrons. The predicted octanol–water partition coefficient (Wildman–Crippen LogP) is 3.18. The van der Waals surface area contributed by atoms with E-state index in [0.29, 0.717) is 6.42 Å². The highest BCUT2D eigenvalue weighted by Gasteiger charge is 2.48. The fourth-order valence-corrected chi connectivity index (χ4v) is 3.07. The van der Waals surface area contributed by atoms with E-state index in [1.807, 2.05) is 6.07 Å². The average Bonchev–Trinajstić information content (AvgIpc) is 3.34. The van der Waals surface area contributed by atoms with Crippen LogP contribution in [0.25, 0.3) is 0 Å². The van der Waals surface area contributed by atoms with Gasteiger partial charge in [-0.25, -0.2) is 8.78 Å². The molecule has 0 spiro atoms. The molecule has 2 aromatic carbocycles. The third-order valence-electron chi connectivity index (χ3n) is 4.33. The van der Waals surface area contributed by atoms with E-state index in [4.69, 9.17) is 5.11 Å². The van der Waals surface area contributed by atoms with Crippen LogP contribution >= 0.6 is 0 Å². The zero-order valence-corrected chi connectivity index (χ0v) is 13.4. The van der Waals surface area contributed by atoms with Gasteiger partial charge in [0.1, 0.15) is 18.2 Å². The zero-order chi connectivity index (χ0) is 18.0. The number of nitrogens with zero attached hydrogens (tertiary/aromatic N) is 1. The molecular formula is C19H17F2NO3. The molecular weight excluding hydrogens is 328 g/mol. The van der Waals surface area contributed by atoms with E-state index in [1.165, 1.54) is 11.0 Å². The summed E-state index contributed by atoms with van der Waals surface area (Å²) in [6.45, 7) is -0.300. The summed E-state index contributed by atoms with van der Waals surface area (Å²) < 4.78 is 27.8. The lowest BCUT2D eigenvalue weighted by atomic mass is 10.1. The quantitative estimate of drug-likeness (QED) is 0.875. The van der Waals surface area contributed by atoms with E-state index in [-0.39, 0.29) is 18.0 Å². The number of halogens is 2. The molecule has 6 heteroatoms. The van der Waals surface area contributed by atoms with Crippen molar-refractivity contribution in [3.63, 3.8) is 0 Å². The molecule has 1 aliphatic carbocycles. The third-order valence-corrected chi connectivity index (χ3v) is 4.33. The van der Waals surface area contributed by atoms with Crippen molar-refractivity contribution in [2.45, 2.75) is 18.9 Å². The Labute approximate surface area is 143 Å². The summed E-state index contributed by atoms with van der Waals surface area (Å²) in [5.74, 6) is -3.99. The van der Waals surface area contributed by atoms with Gasteiger partial charge in [0.05, 0.1) is 0 Å². The van der Waals surface area contributed by atoms with E-state index >= 15 is 0 Å². The van der Waals surface area contributed by atoms with Crippen molar-refractivity contribution >= 4 is 11.9 Å². The largest absolute Gasteiger partial charge is 0.480 e. The van der Waals surface area contributed by atoms with E-state index < -0.39 is 36.0 Å². The Bertz CT molecular complexity index is 774. The molecule has 1 N–H and O–H groups in total. The molecule has 1 aliphatic rings. The molecule has 0 bridgehead atoms. The summed E-state index contributed by atoms with van der Waals surface area (Å²) in [6.07, 6.45) is 0.321. The van der Waals surface area contributed by atoms with Gasteiger partial charge in [-0.15, -0.1) is 0 Å². The minimum absolute atomic E-state index is 0.0872. The molecule has 2 atom stereocenters. The molecule has 2 unspecified atom stereocenters. The number of carboxylic acids is 1. The predicted molar refractivity (Wildman–Crippen MR) is 86.7 cm³/mol. The maximum atomic E-state index is 13.9. The van der Waals surface area contributed by atoms with Crippen molar-refractivity contribution < 1.29 is 23.5 Å². The van der Waals surface area contributed by atoms with Crippen molar-refractivity contribution in [1.82, 2.24) is 4.90 Å². The highest BCUT2D eigenvalue weighted by atomic mass is 19.1. The smallest absolute Gasteiger partial charge is 0.323 e. The minimum atomic E-state index is -1.13. The first-order valence-electron chi connectivity index (χ1n) is 7.95. The maximum absolute atomic E-state index is 13.9. The Morgan fingerprint density at radius 2 is 1.68 bits per heavy atom. The minimum Gasteiger partial charge on any atom is -0.480 e. The number of rotatable bonds is 6. The second kappa shape index (κ2) is 7.01. The monoisotopic (exact) mass is 345 g/mol. The maximum Gasteiger partial charge on any atom is 0.323 e. The molecule has 25 heavy (non-hydrogen) atoms. The average molecular weight is 345 g/mol. The summed E-state index contributed by atoms with van der Waals surface area (Å²) in [5, 5.41) is 9.07. The number of hydrogen-bond donors (Lipinski definition) is 1. The fourth-order valence-electron chi connectivity index (χ4n) is 3.07. The van der Waals surface area contributed by atoms with E-state index in [0.717, 1.165) is 17.7 Å². The summed E-state index contributed by atoms with van der Waals surface area (Å²) in [4.78, 5) is 25.0. The molecule has 0 aliphatic heterocycles. The van der Waals surface area contributed by atoms with Gasteiger partial charge in [-0.3, -0.25) is 9.59 Å². The lowest BCUT2D eigenvalue weighted by Crippen LogP contribution is -2.36. The number of carbonyl (C=O) groups is 2. The number of amides is 1. The van der Waals surface area contributed by atoms with Crippen LogP contribution in [0.5, 0.6) is 0 Å². The fraction of sp³-hybridized carbons (Fsp3) is 0.263. The first-order valence-corrected chi connectivity index (χ1v) is 7.95. The first-order chi connectivity index (χ1) is 12.0. The van der Waals surface area contributed by atoms with Gasteiger partial charge in [0.2, 0.25) is 5.91 Å². The lowest BCUT2D eigenvalue weighted by Gasteiger charge is -2.21. The molecule has 0 saturated heterocycles. The Balaban J connectivity index is 1.76. The van der Waals surface area contributed by atoms with Crippen molar-refractivity contribution in [2.75, 3.05) is 6.54 Å². The summed E-state index contributed by atoms with van der Waals surface area (Å²) in [6, 6.07) is 12.6. The van der Waals surface area contributed by atoms with Crippen LogP contribution in [0.4, 0.5) is 8.78 Å². The molecule has 1 saturated carbocycles. The van der Waals surface area contributed by atoms with Crippen molar-refractivity contribution in [1.29, 1.82) is 0 Å². The molecule has 0 aromatic heterocycles. The number of hydrogen-bond acceptors (Lipinski definition) is 2. The highest BCUT2D eigenvalue weighted by Crippen LogP contribution is 2.50. The zero-order valence-electron chi connectivity index (χ0n) is 13.4. The standard InChI is InChI=1S/C19H17F2NO3/c20-15-7-4-8-16(21)18(15)13-9-14(13)19(25)22(11-17(23)24)10-12-5-2-1-3-6-12/h1-8,13-14H,9-11H2,(H,23,24). The van der Waals surface area contributed by atoms with Gasteiger partial charge in [0.15, 0.2) is 0 Å². The van der Waals surface area contributed by atoms with Crippen LogP contribution in [-0.4, -0.2) is 28.4 Å². The highest BCUT2D eigenvalue weighted by molar-refractivity contribution is 5.86. The molecule has 1 fully saturated rings. The van der Waals surface area contributed by atoms with Gasteiger partial charge < -0.3 is 10.0 Å². The Kier molecular flexibility index (Phi) is 4.79. The number of aliphatic carboxylic acids is 1. The third kappa shape index (κ3) is 3.84. The Morgan fingerprint density at radius 1 is 1.04 bits per heavy atom. The number of carbonyl (C=O) groups excluding carboxylic acids is 1. The van der Waals surface area contributed by atoms with Crippen LogP contribution in [0.2, 0.25) is 0 Å². The van der Waals surface area contributed by atoms with Crippen molar-refractivity contribution in [3.8, 4) is 0 Å². The molecule has 1 amide bonds. The summed E-state index contributed by atoms with van der Waals surface area (Å²) in [5.41, 5.74) is 0.710.